The second kappa shape index (κ2) is 11.4. The third-order valence-corrected chi connectivity index (χ3v) is 5.75. The van der Waals surface area contributed by atoms with Gasteiger partial charge in [0.1, 0.15) is 5.75 Å². The smallest absolute Gasteiger partial charge is 0.119 e. The monoisotopic (exact) mass is 462 g/mol. The molecule has 1 unspecified atom stereocenters. The van der Waals surface area contributed by atoms with Crippen molar-refractivity contribution in [2.24, 2.45) is 11.8 Å². The van der Waals surface area contributed by atoms with Crippen LogP contribution in [0.2, 0.25) is 0 Å². The molecule has 0 spiro atoms. The van der Waals surface area contributed by atoms with Gasteiger partial charge in [0.2, 0.25) is 0 Å². The molecular weight excluding hydrogens is 437 g/mol. The van der Waals surface area contributed by atoms with Gasteiger partial charge in [0.05, 0.1) is 12.4 Å². The Morgan fingerprint density at radius 1 is 1.04 bits per heavy atom. The standard InChI is InChI=1S/C22H26ClO3.Y/c1-25-20-4-2-3-17(14-20)13-18-7-10-22(23)21(18)15-26-19-8-5-16(6-9-19)11-12-24;/h2-6,8-9,14,18,21-22,24H,1,7,10-13,15H2;/q-1;/t18-,21-,22?;/m1./s1. The van der Waals surface area contributed by atoms with Gasteiger partial charge in [0.15, 0.2) is 0 Å². The van der Waals surface area contributed by atoms with E-state index in [-0.39, 0.29) is 44.7 Å². The van der Waals surface area contributed by atoms with Crippen LogP contribution >= 0.6 is 11.6 Å². The Morgan fingerprint density at radius 3 is 2.52 bits per heavy atom. The van der Waals surface area contributed by atoms with Crippen LogP contribution in [0.5, 0.6) is 11.5 Å². The largest absolute Gasteiger partial charge is 0.665 e. The molecule has 1 saturated carbocycles. The van der Waals surface area contributed by atoms with E-state index >= 15 is 0 Å². The van der Waals surface area contributed by atoms with Crippen molar-refractivity contribution in [3.8, 4) is 11.5 Å². The van der Waals surface area contributed by atoms with Crippen molar-refractivity contribution in [3.05, 3.63) is 66.8 Å². The van der Waals surface area contributed by atoms with E-state index in [1.54, 1.807) is 0 Å². The Hall–Kier alpha value is -0.606. The van der Waals surface area contributed by atoms with E-state index in [0.717, 1.165) is 36.3 Å². The second-order valence-electron chi connectivity index (χ2n) is 6.94. The fraction of sp³-hybridized carbons (Fsp3) is 0.409. The van der Waals surface area contributed by atoms with E-state index < -0.39 is 0 Å². The van der Waals surface area contributed by atoms with E-state index in [1.165, 1.54) is 5.56 Å². The van der Waals surface area contributed by atoms with Gasteiger partial charge in [-0.25, -0.2) is 0 Å². The van der Waals surface area contributed by atoms with Crippen LogP contribution in [0.4, 0.5) is 0 Å². The maximum atomic E-state index is 8.99. The molecule has 0 aromatic heterocycles. The molecule has 1 aliphatic carbocycles. The summed E-state index contributed by atoms with van der Waals surface area (Å²) in [4.78, 5) is 0. The number of hydrogen-bond acceptors (Lipinski definition) is 3. The average Bonchev–Trinajstić information content (AvgIpc) is 3.01. The van der Waals surface area contributed by atoms with Crippen molar-refractivity contribution in [2.45, 2.75) is 31.1 Å². The van der Waals surface area contributed by atoms with E-state index in [0.29, 0.717) is 24.9 Å². The van der Waals surface area contributed by atoms with Crippen molar-refractivity contribution >= 4 is 11.6 Å². The van der Waals surface area contributed by atoms with Crippen molar-refractivity contribution in [3.63, 3.8) is 0 Å². The Bertz CT molecular complexity index is 692. The summed E-state index contributed by atoms with van der Waals surface area (Å²) in [5.74, 6) is 2.48. The number of halogens is 1. The molecule has 0 heterocycles. The molecule has 0 saturated heterocycles. The SMILES string of the molecule is [CH2-]Oc1cccc(C[C@H]2CCC(Cl)[C@@H]2COc2ccc(CCO)cc2)c1.[Y]. The van der Waals surface area contributed by atoms with Crippen LogP contribution in [-0.2, 0) is 45.6 Å². The van der Waals surface area contributed by atoms with Crippen LogP contribution in [-0.4, -0.2) is 23.7 Å². The maximum Gasteiger partial charge on any atom is 0.119 e. The van der Waals surface area contributed by atoms with Crippen LogP contribution in [0.3, 0.4) is 0 Å². The molecule has 3 rings (SSSR count). The van der Waals surface area contributed by atoms with Crippen LogP contribution in [0.1, 0.15) is 24.0 Å². The zero-order valence-electron chi connectivity index (χ0n) is 15.5. The molecular formula is C22H26ClO3Y-. The molecule has 1 fully saturated rings. The molecule has 3 nitrogen and oxygen atoms in total. The van der Waals surface area contributed by atoms with Gasteiger partial charge in [0, 0.05) is 50.6 Å². The summed E-state index contributed by atoms with van der Waals surface area (Å²) in [5, 5.41) is 9.14. The second-order valence-corrected chi connectivity index (χ2v) is 7.50. The van der Waals surface area contributed by atoms with Gasteiger partial charge in [-0.1, -0.05) is 24.3 Å². The minimum atomic E-state index is 0. The molecule has 2 aromatic carbocycles. The molecule has 2 aromatic rings. The van der Waals surface area contributed by atoms with E-state index in [9.17, 15) is 0 Å². The third-order valence-electron chi connectivity index (χ3n) is 5.21. The molecule has 143 valence electrons. The summed E-state index contributed by atoms with van der Waals surface area (Å²) in [6, 6.07) is 16.0. The van der Waals surface area contributed by atoms with Crippen LogP contribution < -0.4 is 9.47 Å². The number of aliphatic hydroxyl groups excluding tert-OH is 1. The van der Waals surface area contributed by atoms with Gasteiger partial charge in [0.25, 0.3) is 0 Å². The van der Waals surface area contributed by atoms with Crippen molar-refractivity contribution in [1.82, 2.24) is 0 Å². The summed E-state index contributed by atoms with van der Waals surface area (Å²) in [6.45, 7) is 0.794. The van der Waals surface area contributed by atoms with Gasteiger partial charge in [-0.15, -0.1) is 11.6 Å². The van der Waals surface area contributed by atoms with Gasteiger partial charge in [-0.3, -0.25) is 0 Å². The fourth-order valence-corrected chi connectivity index (χ4v) is 4.13. The summed E-state index contributed by atoms with van der Waals surface area (Å²) >= 11 is 6.59. The zero-order chi connectivity index (χ0) is 18.4. The zero-order valence-corrected chi connectivity index (χ0v) is 19.1. The first-order valence-corrected chi connectivity index (χ1v) is 9.61. The Balaban J connectivity index is 0.00000261. The predicted molar refractivity (Wildman–Crippen MR) is 105 cm³/mol. The first-order chi connectivity index (χ1) is 12.7. The van der Waals surface area contributed by atoms with Crippen LogP contribution in [0.25, 0.3) is 0 Å². The Labute approximate surface area is 192 Å². The molecule has 5 heteroatoms. The molecule has 3 atom stereocenters. The Kier molecular flexibility index (Phi) is 9.58. The van der Waals surface area contributed by atoms with E-state index in [2.05, 4.69) is 13.2 Å². The first kappa shape index (κ1) is 22.7. The molecule has 27 heavy (non-hydrogen) atoms. The minimum Gasteiger partial charge on any atom is -0.665 e. The number of aliphatic hydroxyl groups is 1. The third kappa shape index (κ3) is 6.46. The van der Waals surface area contributed by atoms with Crippen LogP contribution in [0, 0.1) is 18.9 Å². The number of alkyl halides is 1. The Morgan fingerprint density at radius 2 is 1.81 bits per heavy atom. The molecule has 1 aliphatic rings. The van der Waals surface area contributed by atoms with Gasteiger partial charge >= 0.3 is 0 Å². The first-order valence-electron chi connectivity index (χ1n) is 9.17. The van der Waals surface area contributed by atoms with Gasteiger partial charge in [-0.2, -0.15) is 7.11 Å². The fourth-order valence-electron chi connectivity index (χ4n) is 3.73. The van der Waals surface area contributed by atoms with E-state index in [4.69, 9.17) is 26.2 Å². The number of hydrogen-bond donors (Lipinski definition) is 1. The summed E-state index contributed by atoms with van der Waals surface area (Å²) < 4.78 is 11.1. The summed E-state index contributed by atoms with van der Waals surface area (Å²) in [6.07, 6.45) is 3.79. The van der Waals surface area contributed by atoms with Crippen molar-refractivity contribution < 1.29 is 47.3 Å². The topological polar surface area (TPSA) is 38.7 Å². The molecule has 0 bridgehead atoms. The summed E-state index contributed by atoms with van der Waals surface area (Å²) in [5.41, 5.74) is 2.36. The maximum absolute atomic E-state index is 8.99. The molecule has 0 amide bonds. The molecule has 1 radical (unpaired) electrons. The number of ether oxygens (including phenoxy) is 2. The minimum absolute atomic E-state index is 0. The predicted octanol–water partition coefficient (Wildman–Crippen LogP) is 4.64. The number of rotatable bonds is 8. The molecule has 0 aliphatic heterocycles. The normalized spacial score (nSPS) is 21.5. The van der Waals surface area contributed by atoms with Gasteiger partial charge in [-0.05, 0) is 67.0 Å². The van der Waals surface area contributed by atoms with E-state index in [1.807, 2.05) is 42.5 Å². The number of benzene rings is 2. The quantitative estimate of drug-likeness (QED) is 0.459. The van der Waals surface area contributed by atoms with Crippen molar-refractivity contribution in [2.75, 3.05) is 13.2 Å². The summed E-state index contributed by atoms with van der Waals surface area (Å²) in [7, 11) is 3.48. The molecule has 1 N–H and O–H groups in total. The van der Waals surface area contributed by atoms with Gasteiger partial charge < -0.3 is 14.6 Å². The average molecular weight is 463 g/mol. The van der Waals surface area contributed by atoms with Crippen molar-refractivity contribution in [1.29, 1.82) is 0 Å². The van der Waals surface area contributed by atoms with Crippen LogP contribution in [0.15, 0.2) is 48.5 Å².